The smallest absolute Gasteiger partial charge is 0.321 e. The van der Waals surface area contributed by atoms with Crippen molar-refractivity contribution in [3.63, 3.8) is 0 Å². The molecule has 0 fully saturated rings. The van der Waals surface area contributed by atoms with E-state index in [0.717, 1.165) is 25.7 Å². The van der Waals surface area contributed by atoms with E-state index in [0.29, 0.717) is 17.9 Å². The van der Waals surface area contributed by atoms with Crippen LogP contribution in [-0.4, -0.2) is 25.5 Å². The summed E-state index contributed by atoms with van der Waals surface area (Å²) in [5.41, 5.74) is 0.765. The molecule has 144 valence electrons. The van der Waals surface area contributed by atoms with Gasteiger partial charge in [-0.3, -0.25) is 9.59 Å². The summed E-state index contributed by atoms with van der Waals surface area (Å²) >= 11 is 6.25. The van der Waals surface area contributed by atoms with E-state index in [9.17, 15) is 9.59 Å². The lowest BCUT2D eigenvalue weighted by Gasteiger charge is -2.18. The number of halogens is 1. The Balaban J connectivity index is 2.28. The highest BCUT2D eigenvalue weighted by atomic mass is 35.5. The first-order valence-electron chi connectivity index (χ1n) is 9.18. The Morgan fingerprint density at radius 2 is 1.74 bits per heavy atom. The summed E-state index contributed by atoms with van der Waals surface area (Å²) in [6.07, 6.45) is 3.97. The first kappa shape index (κ1) is 21.0. The van der Waals surface area contributed by atoms with Crippen LogP contribution in [0.3, 0.4) is 0 Å². The number of Topliss-reactive ketones (excluding diaryl/α,β-unsaturated/α-hetero) is 1. The van der Waals surface area contributed by atoms with Crippen LogP contribution in [-0.2, 0) is 9.53 Å². The van der Waals surface area contributed by atoms with Crippen LogP contribution in [0.25, 0.3) is 0 Å². The predicted molar refractivity (Wildman–Crippen MR) is 107 cm³/mol. The number of hydrogen-bond acceptors (Lipinski definition) is 4. The molecule has 0 radical (unpaired) electrons. The number of ether oxygens (including phenoxy) is 2. The SMILES string of the molecule is CCCCCCOC(=O)C(C(=O)c1c(Cl)cccc1OC)c1ccccc1. The van der Waals surface area contributed by atoms with Gasteiger partial charge in [0.25, 0.3) is 0 Å². The molecule has 0 aliphatic carbocycles. The number of carbonyl (C=O) groups is 2. The largest absolute Gasteiger partial charge is 0.496 e. The second-order valence-electron chi connectivity index (χ2n) is 6.25. The molecule has 0 N–H and O–H groups in total. The molecule has 4 nitrogen and oxygen atoms in total. The Labute approximate surface area is 165 Å². The molecule has 0 heterocycles. The zero-order valence-electron chi connectivity index (χ0n) is 15.7. The summed E-state index contributed by atoms with van der Waals surface area (Å²) in [5.74, 6) is -1.73. The Kier molecular flexibility index (Phi) is 8.34. The normalized spacial score (nSPS) is 11.7. The topological polar surface area (TPSA) is 52.6 Å². The maximum Gasteiger partial charge on any atom is 0.321 e. The van der Waals surface area contributed by atoms with Crippen LogP contribution in [0.4, 0.5) is 0 Å². The third-order valence-corrected chi connectivity index (χ3v) is 4.63. The van der Waals surface area contributed by atoms with Gasteiger partial charge in [0.1, 0.15) is 11.7 Å². The second kappa shape index (κ2) is 10.7. The van der Waals surface area contributed by atoms with E-state index in [1.807, 2.05) is 6.07 Å². The number of unbranched alkanes of at least 4 members (excludes halogenated alkanes) is 3. The highest BCUT2D eigenvalue weighted by molar-refractivity contribution is 6.35. The minimum Gasteiger partial charge on any atom is -0.496 e. The Morgan fingerprint density at radius 3 is 2.41 bits per heavy atom. The van der Waals surface area contributed by atoms with Crippen LogP contribution in [0.1, 0.15) is 54.4 Å². The molecule has 0 aliphatic rings. The molecule has 0 aromatic heterocycles. The molecule has 5 heteroatoms. The fourth-order valence-electron chi connectivity index (χ4n) is 2.88. The number of carbonyl (C=O) groups excluding carboxylic acids is 2. The van der Waals surface area contributed by atoms with Crippen molar-refractivity contribution in [1.82, 2.24) is 0 Å². The first-order valence-corrected chi connectivity index (χ1v) is 9.56. The summed E-state index contributed by atoms with van der Waals surface area (Å²) in [4.78, 5) is 26.0. The monoisotopic (exact) mass is 388 g/mol. The van der Waals surface area contributed by atoms with Crippen molar-refractivity contribution in [2.75, 3.05) is 13.7 Å². The molecular weight excluding hydrogens is 364 g/mol. The lowest BCUT2D eigenvalue weighted by molar-refractivity contribution is -0.144. The maximum atomic E-state index is 13.3. The summed E-state index contributed by atoms with van der Waals surface area (Å²) in [7, 11) is 1.46. The van der Waals surface area contributed by atoms with E-state index in [4.69, 9.17) is 21.1 Å². The van der Waals surface area contributed by atoms with Crippen LogP contribution >= 0.6 is 11.6 Å². The molecule has 1 atom stereocenters. The second-order valence-corrected chi connectivity index (χ2v) is 6.66. The van der Waals surface area contributed by atoms with Gasteiger partial charge in [-0.05, 0) is 24.1 Å². The van der Waals surface area contributed by atoms with Crippen LogP contribution in [0, 0.1) is 0 Å². The zero-order chi connectivity index (χ0) is 19.6. The summed E-state index contributed by atoms with van der Waals surface area (Å²) in [5, 5.41) is 0.246. The number of ketones is 1. The van der Waals surface area contributed by atoms with Gasteiger partial charge in [0.05, 0.1) is 24.3 Å². The highest BCUT2D eigenvalue weighted by Crippen LogP contribution is 2.32. The zero-order valence-corrected chi connectivity index (χ0v) is 16.5. The molecule has 2 rings (SSSR count). The fourth-order valence-corrected chi connectivity index (χ4v) is 3.14. The van der Waals surface area contributed by atoms with E-state index >= 15 is 0 Å². The van der Waals surface area contributed by atoms with Crippen molar-refractivity contribution in [3.8, 4) is 5.75 Å². The number of hydrogen-bond donors (Lipinski definition) is 0. The molecule has 0 aliphatic heterocycles. The molecule has 0 saturated heterocycles. The minimum absolute atomic E-state index is 0.193. The van der Waals surface area contributed by atoms with Gasteiger partial charge < -0.3 is 9.47 Å². The van der Waals surface area contributed by atoms with Crippen molar-refractivity contribution in [2.45, 2.75) is 38.5 Å². The fraction of sp³-hybridized carbons (Fsp3) is 0.364. The number of rotatable bonds is 10. The number of methoxy groups -OCH3 is 1. The molecule has 0 spiro atoms. The van der Waals surface area contributed by atoms with Gasteiger partial charge in [0, 0.05) is 0 Å². The van der Waals surface area contributed by atoms with E-state index in [2.05, 4.69) is 6.92 Å². The summed E-state index contributed by atoms with van der Waals surface area (Å²) in [6.45, 7) is 2.42. The van der Waals surface area contributed by atoms with Crippen molar-refractivity contribution in [1.29, 1.82) is 0 Å². The van der Waals surface area contributed by atoms with Crippen molar-refractivity contribution >= 4 is 23.4 Å². The van der Waals surface area contributed by atoms with Gasteiger partial charge in [-0.15, -0.1) is 0 Å². The lowest BCUT2D eigenvalue weighted by Crippen LogP contribution is -2.25. The van der Waals surface area contributed by atoms with Gasteiger partial charge in [0.15, 0.2) is 5.78 Å². The molecule has 0 amide bonds. The van der Waals surface area contributed by atoms with Crippen LogP contribution < -0.4 is 4.74 Å². The lowest BCUT2D eigenvalue weighted by atomic mass is 9.90. The van der Waals surface area contributed by atoms with Gasteiger partial charge in [-0.2, -0.15) is 0 Å². The third kappa shape index (κ3) is 5.57. The molecular formula is C22H25ClO4. The Hall–Kier alpha value is -2.33. The standard InChI is InChI=1S/C22H25ClO4/c1-3-4-5-9-15-27-22(25)19(16-11-7-6-8-12-16)21(24)20-17(23)13-10-14-18(20)26-2/h6-8,10-14,19H,3-5,9,15H2,1-2H3. The molecule has 0 saturated carbocycles. The maximum absolute atomic E-state index is 13.3. The van der Waals surface area contributed by atoms with Crippen LogP contribution in [0.5, 0.6) is 5.75 Å². The minimum atomic E-state index is -1.08. The first-order chi connectivity index (χ1) is 13.1. The van der Waals surface area contributed by atoms with Crippen LogP contribution in [0.15, 0.2) is 48.5 Å². The summed E-state index contributed by atoms with van der Waals surface area (Å²) < 4.78 is 10.7. The van der Waals surface area contributed by atoms with Gasteiger partial charge in [-0.1, -0.05) is 74.2 Å². The molecule has 27 heavy (non-hydrogen) atoms. The van der Waals surface area contributed by atoms with E-state index < -0.39 is 17.7 Å². The van der Waals surface area contributed by atoms with Gasteiger partial charge in [0.2, 0.25) is 0 Å². The Morgan fingerprint density at radius 1 is 1.00 bits per heavy atom. The Bertz CT molecular complexity index is 758. The number of esters is 1. The summed E-state index contributed by atoms with van der Waals surface area (Å²) in [6, 6.07) is 13.8. The highest BCUT2D eigenvalue weighted by Gasteiger charge is 2.33. The predicted octanol–water partition coefficient (Wildman–Crippen LogP) is 5.44. The van der Waals surface area contributed by atoms with Gasteiger partial charge >= 0.3 is 5.97 Å². The van der Waals surface area contributed by atoms with Crippen molar-refractivity contribution in [3.05, 3.63) is 64.7 Å². The van der Waals surface area contributed by atoms with Crippen molar-refractivity contribution in [2.24, 2.45) is 0 Å². The van der Waals surface area contributed by atoms with Crippen LogP contribution in [0.2, 0.25) is 5.02 Å². The molecule has 2 aromatic carbocycles. The van der Waals surface area contributed by atoms with E-state index in [1.165, 1.54) is 7.11 Å². The molecule has 1 unspecified atom stereocenters. The number of benzene rings is 2. The quantitative estimate of drug-likeness (QED) is 0.235. The van der Waals surface area contributed by atoms with Gasteiger partial charge in [-0.25, -0.2) is 0 Å². The third-order valence-electron chi connectivity index (χ3n) is 4.31. The van der Waals surface area contributed by atoms with E-state index in [1.54, 1.807) is 42.5 Å². The van der Waals surface area contributed by atoms with E-state index in [-0.39, 0.29) is 10.6 Å². The average molecular weight is 389 g/mol. The van der Waals surface area contributed by atoms with Crippen molar-refractivity contribution < 1.29 is 19.1 Å². The molecule has 2 aromatic rings. The molecule has 0 bridgehead atoms. The average Bonchev–Trinajstić information content (AvgIpc) is 2.68.